The summed E-state index contributed by atoms with van der Waals surface area (Å²) in [5, 5.41) is 22.5. The van der Waals surface area contributed by atoms with Gasteiger partial charge in [0.25, 0.3) is 0 Å². The fraction of sp³-hybridized carbons (Fsp3) is 0.267. The number of anilines is 1. The number of aromatic nitrogens is 2. The molecule has 0 spiro atoms. The third-order valence-electron chi connectivity index (χ3n) is 3.23. The number of carboxylic acid groups (broad SMARTS) is 2. The Hall–Kier alpha value is -2.83. The van der Waals surface area contributed by atoms with E-state index < -0.39 is 11.9 Å². The minimum atomic E-state index is -1.21. The zero-order chi connectivity index (χ0) is 16.3. The number of aromatic carboxylic acids is 2. The Labute approximate surface area is 127 Å². The van der Waals surface area contributed by atoms with Gasteiger partial charge in [-0.15, -0.1) is 0 Å². The van der Waals surface area contributed by atoms with E-state index in [2.05, 4.69) is 12.0 Å². The van der Waals surface area contributed by atoms with Crippen LogP contribution < -0.4 is 5.73 Å². The number of benzene rings is 1. The highest BCUT2D eigenvalue weighted by Crippen LogP contribution is 2.19. The van der Waals surface area contributed by atoms with Crippen molar-refractivity contribution in [1.82, 2.24) is 9.78 Å². The van der Waals surface area contributed by atoms with E-state index in [9.17, 15) is 9.59 Å². The first-order chi connectivity index (χ1) is 10.4. The minimum absolute atomic E-state index is 0.125. The molecule has 0 unspecified atom stereocenters. The third-order valence-corrected chi connectivity index (χ3v) is 3.23. The lowest BCUT2D eigenvalue weighted by atomic mass is 10.1. The molecule has 2 rings (SSSR count). The molecule has 2 aromatic rings. The Bertz CT molecular complexity index is 689. The van der Waals surface area contributed by atoms with Gasteiger partial charge in [-0.2, -0.15) is 5.10 Å². The number of hydrogen-bond acceptors (Lipinski definition) is 4. The Morgan fingerprint density at radius 3 is 2.23 bits per heavy atom. The summed E-state index contributed by atoms with van der Waals surface area (Å²) >= 11 is 0. The molecule has 0 aliphatic carbocycles. The summed E-state index contributed by atoms with van der Waals surface area (Å²) < 4.78 is 1.36. The van der Waals surface area contributed by atoms with Crippen LogP contribution >= 0.6 is 0 Å². The van der Waals surface area contributed by atoms with Crippen molar-refractivity contribution in [3.63, 3.8) is 0 Å². The van der Waals surface area contributed by atoms with Crippen LogP contribution in [0.25, 0.3) is 5.69 Å². The number of hydrogen-bond donors (Lipinski definition) is 3. The maximum atomic E-state index is 11.1. The number of carbonyl (C=O) groups is 2. The average molecular weight is 303 g/mol. The van der Waals surface area contributed by atoms with Crippen molar-refractivity contribution < 1.29 is 19.8 Å². The van der Waals surface area contributed by atoms with Crippen LogP contribution in [0.1, 0.15) is 46.2 Å². The lowest BCUT2D eigenvalue weighted by Gasteiger charge is -2.07. The number of nitrogen functional groups attached to an aromatic ring is 1. The summed E-state index contributed by atoms with van der Waals surface area (Å²) in [4.78, 5) is 22.3. The zero-order valence-corrected chi connectivity index (χ0v) is 12.1. The van der Waals surface area contributed by atoms with Crippen molar-refractivity contribution in [2.24, 2.45) is 0 Å². The Morgan fingerprint density at radius 1 is 1.14 bits per heavy atom. The fourth-order valence-electron chi connectivity index (χ4n) is 2.11. The van der Waals surface area contributed by atoms with E-state index in [1.807, 2.05) is 0 Å². The van der Waals surface area contributed by atoms with E-state index in [0.29, 0.717) is 11.5 Å². The first-order valence-electron chi connectivity index (χ1n) is 6.89. The number of nitrogens with two attached hydrogens (primary N) is 1. The number of unbranched alkanes of at least 4 members (excludes halogenated alkanes) is 1. The summed E-state index contributed by atoms with van der Waals surface area (Å²) in [5.74, 6) is -2.08. The molecule has 116 valence electrons. The van der Waals surface area contributed by atoms with Crippen LogP contribution in [-0.4, -0.2) is 31.9 Å². The molecule has 4 N–H and O–H groups in total. The molecule has 1 aromatic carbocycles. The van der Waals surface area contributed by atoms with Crippen LogP contribution in [0.15, 0.2) is 24.3 Å². The van der Waals surface area contributed by atoms with E-state index in [1.54, 1.807) is 6.07 Å². The second-order valence-corrected chi connectivity index (χ2v) is 4.95. The summed E-state index contributed by atoms with van der Waals surface area (Å²) in [6.07, 6.45) is 2.74. The van der Waals surface area contributed by atoms with Crippen LogP contribution in [0, 0.1) is 0 Å². The molecule has 0 atom stereocenters. The van der Waals surface area contributed by atoms with Crippen LogP contribution in [0.2, 0.25) is 0 Å². The first kappa shape index (κ1) is 15.6. The van der Waals surface area contributed by atoms with Crippen LogP contribution in [0.5, 0.6) is 0 Å². The largest absolute Gasteiger partial charge is 0.478 e. The topological polar surface area (TPSA) is 118 Å². The van der Waals surface area contributed by atoms with Crippen LogP contribution in [0.4, 0.5) is 5.82 Å². The zero-order valence-electron chi connectivity index (χ0n) is 12.1. The number of nitrogens with zero attached hydrogens (tertiary/aromatic N) is 2. The summed E-state index contributed by atoms with van der Waals surface area (Å²) in [7, 11) is 0. The molecule has 0 bridgehead atoms. The highest BCUT2D eigenvalue weighted by atomic mass is 16.4. The van der Waals surface area contributed by atoms with E-state index in [0.717, 1.165) is 31.0 Å². The third kappa shape index (κ3) is 3.25. The molecule has 0 fully saturated rings. The lowest BCUT2D eigenvalue weighted by Crippen LogP contribution is -2.08. The second kappa shape index (κ2) is 6.30. The monoisotopic (exact) mass is 303 g/mol. The van der Waals surface area contributed by atoms with Gasteiger partial charge in [0.05, 0.1) is 22.5 Å². The molecular formula is C15H17N3O4. The van der Waals surface area contributed by atoms with Crippen molar-refractivity contribution in [2.45, 2.75) is 26.2 Å². The highest BCUT2D eigenvalue weighted by Gasteiger charge is 2.14. The molecule has 0 saturated carbocycles. The van der Waals surface area contributed by atoms with Gasteiger partial charge in [0, 0.05) is 6.07 Å². The number of carboxylic acids is 2. The predicted molar refractivity (Wildman–Crippen MR) is 80.5 cm³/mol. The molecule has 0 amide bonds. The highest BCUT2D eigenvalue weighted by molar-refractivity contribution is 5.94. The molecule has 7 nitrogen and oxygen atoms in total. The SMILES string of the molecule is CCCCc1cc(N)n(-c2cc(C(=O)O)cc(C(=O)O)c2)n1. The predicted octanol–water partition coefficient (Wildman–Crippen LogP) is 2.19. The number of aryl methyl sites for hydroxylation is 1. The molecule has 22 heavy (non-hydrogen) atoms. The fourth-order valence-corrected chi connectivity index (χ4v) is 2.11. The van der Waals surface area contributed by atoms with Crippen molar-refractivity contribution in [1.29, 1.82) is 0 Å². The van der Waals surface area contributed by atoms with Crippen molar-refractivity contribution in [3.8, 4) is 5.69 Å². The molecule has 0 radical (unpaired) electrons. The van der Waals surface area contributed by atoms with E-state index in [1.165, 1.54) is 16.8 Å². The van der Waals surface area contributed by atoms with E-state index in [4.69, 9.17) is 15.9 Å². The number of rotatable bonds is 6. The normalized spacial score (nSPS) is 10.6. The molecule has 1 heterocycles. The van der Waals surface area contributed by atoms with Crippen LogP contribution in [0.3, 0.4) is 0 Å². The van der Waals surface area contributed by atoms with E-state index in [-0.39, 0.29) is 11.1 Å². The molecule has 0 aliphatic rings. The summed E-state index contributed by atoms with van der Waals surface area (Å²) in [6, 6.07) is 5.51. The molecular weight excluding hydrogens is 286 g/mol. The van der Waals surface area contributed by atoms with Crippen LogP contribution in [-0.2, 0) is 6.42 Å². The van der Waals surface area contributed by atoms with Gasteiger partial charge in [-0.1, -0.05) is 13.3 Å². The van der Waals surface area contributed by atoms with Gasteiger partial charge < -0.3 is 15.9 Å². The maximum absolute atomic E-state index is 11.1. The van der Waals surface area contributed by atoms with Crippen molar-refractivity contribution in [2.75, 3.05) is 5.73 Å². The van der Waals surface area contributed by atoms with Gasteiger partial charge in [0.1, 0.15) is 5.82 Å². The molecule has 7 heteroatoms. The smallest absolute Gasteiger partial charge is 0.335 e. The molecule has 0 aliphatic heterocycles. The molecule has 1 aromatic heterocycles. The summed E-state index contributed by atoms with van der Waals surface area (Å²) in [5.41, 5.74) is 6.76. The average Bonchev–Trinajstić information content (AvgIpc) is 2.85. The minimum Gasteiger partial charge on any atom is -0.478 e. The van der Waals surface area contributed by atoms with Crippen molar-refractivity contribution >= 4 is 17.8 Å². The Balaban J connectivity index is 2.49. The van der Waals surface area contributed by atoms with Gasteiger partial charge >= 0.3 is 11.9 Å². The van der Waals surface area contributed by atoms with Gasteiger partial charge in [-0.25, -0.2) is 14.3 Å². The maximum Gasteiger partial charge on any atom is 0.335 e. The summed E-state index contributed by atoms with van der Waals surface area (Å²) in [6.45, 7) is 2.07. The Morgan fingerprint density at radius 2 is 1.73 bits per heavy atom. The molecule has 0 saturated heterocycles. The van der Waals surface area contributed by atoms with Gasteiger partial charge in [0.2, 0.25) is 0 Å². The van der Waals surface area contributed by atoms with E-state index >= 15 is 0 Å². The van der Waals surface area contributed by atoms with Gasteiger partial charge in [-0.3, -0.25) is 0 Å². The Kier molecular flexibility index (Phi) is 4.45. The lowest BCUT2D eigenvalue weighted by molar-refractivity contribution is 0.0696. The quantitative estimate of drug-likeness (QED) is 0.752. The first-order valence-corrected chi connectivity index (χ1v) is 6.89. The van der Waals surface area contributed by atoms with Gasteiger partial charge in [-0.05, 0) is 31.0 Å². The van der Waals surface area contributed by atoms with Gasteiger partial charge in [0.15, 0.2) is 0 Å². The second-order valence-electron chi connectivity index (χ2n) is 4.95. The van der Waals surface area contributed by atoms with Crippen molar-refractivity contribution in [3.05, 3.63) is 41.1 Å². The standard InChI is InChI=1S/C15H17N3O4/c1-2-3-4-11-8-13(16)18(17-11)12-6-9(14(19)20)5-10(7-12)15(21)22/h5-8H,2-4,16H2,1H3,(H,19,20)(H,21,22).